The molecule has 4 rings (SSSR count). The zero-order valence-electron chi connectivity index (χ0n) is 19.0. The standard InChI is InChI=1S/C24H26N4O4S2/c1-15(2)32-22-10-9-16(13-17(22)14-25)23-26-27-24(33-23)20-7-3-6-19-18(20)5-4-8-21(19)28-34(30,31)12-11-29/h3,6-7,9-10,13,15,21,28-29H,4-5,8,11-12H2,1-2H3/t21-/m0/s1. The molecule has 1 aromatic heterocycles. The Morgan fingerprint density at radius 1 is 1.26 bits per heavy atom. The minimum atomic E-state index is -3.56. The Kier molecular flexibility index (Phi) is 7.28. The summed E-state index contributed by atoms with van der Waals surface area (Å²) in [5.74, 6) is 0.224. The first-order valence-corrected chi connectivity index (χ1v) is 13.6. The van der Waals surface area contributed by atoms with Gasteiger partial charge in [-0.15, -0.1) is 10.2 Å². The van der Waals surface area contributed by atoms with Crippen molar-refractivity contribution in [1.82, 2.24) is 14.9 Å². The minimum absolute atomic E-state index is 0.0349. The van der Waals surface area contributed by atoms with Crippen LogP contribution in [0.25, 0.3) is 21.1 Å². The first kappa shape index (κ1) is 24.3. The van der Waals surface area contributed by atoms with Gasteiger partial charge in [-0.2, -0.15) is 5.26 Å². The molecule has 0 saturated carbocycles. The molecule has 0 spiro atoms. The average Bonchev–Trinajstić information content (AvgIpc) is 3.28. The number of sulfonamides is 1. The summed E-state index contributed by atoms with van der Waals surface area (Å²) >= 11 is 1.43. The fraction of sp³-hybridized carbons (Fsp3) is 0.375. The predicted octanol–water partition coefficient (Wildman–Crippen LogP) is 3.82. The van der Waals surface area contributed by atoms with E-state index in [1.807, 2.05) is 38.1 Å². The van der Waals surface area contributed by atoms with E-state index in [-0.39, 0.29) is 17.9 Å². The van der Waals surface area contributed by atoms with Crippen LogP contribution >= 0.6 is 11.3 Å². The number of fused-ring (bicyclic) bond motifs is 1. The van der Waals surface area contributed by atoms with Crippen molar-refractivity contribution in [3.8, 4) is 33.0 Å². The molecule has 0 fully saturated rings. The maximum Gasteiger partial charge on any atom is 0.214 e. The number of aliphatic hydroxyl groups excluding tert-OH is 1. The summed E-state index contributed by atoms with van der Waals surface area (Å²) in [5, 5.41) is 28.8. The average molecular weight is 499 g/mol. The van der Waals surface area contributed by atoms with Crippen LogP contribution in [0.1, 0.15) is 49.4 Å². The Bertz CT molecular complexity index is 1330. The predicted molar refractivity (Wildman–Crippen MR) is 131 cm³/mol. The number of aromatic nitrogens is 2. The first-order chi connectivity index (χ1) is 16.3. The molecule has 1 aliphatic rings. The first-order valence-electron chi connectivity index (χ1n) is 11.1. The molecule has 0 amide bonds. The van der Waals surface area contributed by atoms with E-state index in [1.54, 1.807) is 12.1 Å². The minimum Gasteiger partial charge on any atom is -0.490 e. The van der Waals surface area contributed by atoms with Gasteiger partial charge in [0.25, 0.3) is 0 Å². The van der Waals surface area contributed by atoms with E-state index in [0.29, 0.717) is 22.7 Å². The van der Waals surface area contributed by atoms with E-state index in [2.05, 4.69) is 21.0 Å². The van der Waals surface area contributed by atoms with Gasteiger partial charge in [-0.05, 0) is 62.4 Å². The molecule has 2 N–H and O–H groups in total. The molecule has 0 saturated heterocycles. The third-order valence-corrected chi connectivity index (χ3v) is 7.92. The van der Waals surface area contributed by atoms with Gasteiger partial charge in [0, 0.05) is 17.2 Å². The number of rotatable bonds is 8. The third-order valence-electron chi connectivity index (χ3n) is 5.55. The van der Waals surface area contributed by atoms with E-state index in [0.717, 1.165) is 40.1 Å². The molecule has 0 unspecified atom stereocenters. The van der Waals surface area contributed by atoms with Crippen LogP contribution in [0.4, 0.5) is 0 Å². The van der Waals surface area contributed by atoms with Crippen LogP contribution < -0.4 is 9.46 Å². The molecular formula is C24H26N4O4S2. The molecule has 10 heteroatoms. The molecule has 1 atom stereocenters. The number of aliphatic hydroxyl groups is 1. The zero-order valence-corrected chi connectivity index (χ0v) is 20.6. The number of nitrogens with zero attached hydrogens (tertiary/aromatic N) is 3. The summed E-state index contributed by atoms with van der Waals surface area (Å²) in [6.45, 7) is 3.41. The molecule has 0 bridgehead atoms. The van der Waals surface area contributed by atoms with Crippen LogP contribution in [0.15, 0.2) is 36.4 Å². The highest BCUT2D eigenvalue weighted by molar-refractivity contribution is 7.89. The molecule has 3 aromatic rings. The molecule has 1 aliphatic carbocycles. The van der Waals surface area contributed by atoms with Crippen molar-refractivity contribution in [2.45, 2.75) is 45.3 Å². The van der Waals surface area contributed by atoms with Crippen molar-refractivity contribution < 1.29 is 18.3 Å². The second kappa shape index (κ2) is 10.2. The van der Waals surface area contributed by atoms with Crippen LogP contribution in [-0.2, 0) is 16.4 Å². The Morgan fingerprint density at radius 3 is 2.79 bits per heavy atom. The van der Waals surface area contributed by atoms with Gasteiger partial charge in [0.1, 0.15) is 21.8 Å². The van der Waals surface area contributed by atoms with Gasteiger partial charge in [0.2, 0.25) is 10.0 Å². The second-order valence-electron chi connectivity index (χ2n) is 8.38. The van der Waals surface area contributed by atoms with Crippen LogP contribution in [-0.4, -0.2) is 42.2 Å². The normalized spacial score (nSPS) is 15.7. The zero-order chi connectivity index (χ0) is 24.3. The van der Waals surface area contributed by atoms with Crippen molar-refractivity contribution in [2.75, 3.05) is 12.4 Å². The van der Waals surface area contributed by atoms with E-state index in [9.17, 15) is 13.7 Å². The Hall–Kier alpha value is -2.84. The van der Waals surface area contributed by atoms with Crippen LogP contribution in [0.5, 0.6) is 5.75 Å². The maximum absolute atomic E-state index is 12.2. The maximum atomic E-state index is 12.2. The van der Waals surface area contributed by atoms with Crippen molar-refractivity contribution >= 4 is 21.4 Å². The van der Waals surface area contributed by atoms with Crippen LogP contribution in [0, 0.1) is 11.3 Å². The lowest BCUT2D eigenvalue weighted by Crippen LogP contribution is -2.33. The largest absolute Gasteiger partial charge is 0.490 e. The highest BCUT2D eigenvalue weighted by Crippen LogP contribution is 2.39. The molecule has 0 aliphatic heterocycles. The van der Waals surface area contributed by atoms with Crippen LogP contribution in [0.3, 0.4) is 0 Å². The molecule has 34 heavy (non-hydrogen) atoms. The quantitative estimate of drug-likeness (QED) is 0.484. The SMILES string of the molecule is CC(C)Oc1ccc(-c2nnc(-c3cccc4c3CCC[C@@H]4NS(=O)(=O)CCO)s2)cc1C#N. The van der Waals surface area contributed by atoms with Gasteiger partial charge in [-0.1, -0.05) is 29.5 Å². The van der Waals surface area contributed by atoms with Gasteiger partial charge in [0.15, 0.2) is 0 Å². The van der Waals surface area contributed by atoms with E-state index >= 15 is 0 Å². The lowest BCUT2D eigenvalue weighted by Gasteiger charge is -2.27. The number of hydrogen-bond donors (Lipinski definition) is 2. The Morgan fingerprint density at radius 2 is 2.06 bits per heavy atom. The van der Waals surface area contributed by atoms with Crippen molar-refractivity contribution in [1.29, 1.82) is 5.26 Å². The summed E-state index contributed by atoms with van der Waals surface area (Å²) in [5.41, 5.74) is 4.16. The third kappa shape index (κ3) is 5.28. The van der Waals surface area contributed by atoms with Gasteiger partial charge in [-0.25, -0.2) is 13.1 Å². The number of nitriles is 1. The van der Waals surface area contributed by atoms with E-state index < -0.39 is 16.6 Å². The lowest BCUT2D eigenvalue weighted by molar-refractivity contribution is 0.242. The fourth-order valence-corrected chi connectivity index (χ4v) is 6.05. The summed E-state index contributed by atoms with van der Waals surface area (Å²) in [6.07, 6.45) is 2.32. The highest BCUT2D eigenvalue weighted by atomic mass is 32.2. The number of nitrogens with one attached hydrogen (secondary N) is 1. The summed E-state index contributed by atoms with van der Waals surface area (Å²) in [6, 6.07) is 13.1. The van der Waals surface area contributed by atoms with Crippen LogP contribution in [0.2, 0.25) is 0 Å². The summed E-state index contributed by atoms with van der Waals surface area (Å²) in [4.78, 5) is 0. The van der Waals surface area contributed by atoms with Gasteiger partial charge in [0.05, 0.1) is 24.0 Å². The van der Waals surface area contributed by atoms with E-state index in [1.165, 1.54) is 11.3 Å². The molecule has 178 valence electrons. The van der Waals surface area contributed by atoms with Crippen molar-refractivity contribution in [3.63, 3.8) is 0 Å². The molecule has 1 heterocycles. The van der Waals surface area contributed by atoms with Gasteiger partial charge >= 0.3 is 0 Å². The second-order valence-corrected chi connectivity index (χ2v) is 11.2. The number of hydrogen-bond acceptors (Lipinski definition) is 8. The van der Waals surface area contributed by atoms with Crippen molar-refractivity contribution in [2.24, 2.45) is 0 Å². The number of ether oxygens (including phenoxy) is 1. The fourth-order valence-electron chi connectivity index (χ4n) is 4.12. The highest BCUT2D eigenvalue weighted by Gasteiger charge is 2.27. The molecular weight excluding hydrogens is 472 g/mol. The molecule has 0 radical (unpaired) electrons. The Balaban J connectivity index is 1.65. The Labute approximate surface area is 203 Å². The van der Waals surface area contributed by atoms with E-state index in [4.69, 9.17) is 9.84 Å². The topological polar surface area (TPSA) is 125 Å². The van der Waals surface area contributed by atoms with Gasteiger partial charge < -0.3 is 9.84 Å². The monoisotopic (exact) mass is 498 g/mol. The summed E-state index contributed by atoms with van der Waals surface area (Å²) in [7, 11) is -3.56. The van der Waals surface area contributed by atoms with Gasteiger partial charge in [-0.3, -0.25) is 0 Å². The smallest absolute Gasteiger partial charge is 0.214 e. The molecule has 8 nitrogen and oxygen atoms in total. The van der Waals surface area contributed by atoms with Crippen molar-refractivity contribution in [3.05, 3.63) is 53.1 Å². The molecule has 2 aromatic carbocycles. The lowest BCUT2D eigenvalue weighted by atomic mass is 9.85. The number of benzene rings is 2. The summed E-state index contributed by atoms with van der Waals surface area (Å²) < 4.78 is 32.9.